The van der Waals surface area contributed by atoms with Crippen molar-refractivity contribution < 1.29 is 14.3 Å². The van der Waals surface area contributed by atoms with Gasteiger partial charge < -0.3 is 15.4 Å². The molecule has 2 aromatic rings. The molecular weight excluding hydrogens is 396 g/mol. The fraction of sp³-hybridized carbons (Fsp3) is 0.333. The van der Waals surface area contributed by atoms with E-state index in [1.807, 2.05) is 42.5 Å². The summed E-state index contributed by atoms with van der Waals surface area (Å²) in [6.45, 7) is 0. The van der Waals surface area contributed by atoms with Crippen molar-refractivity contribution in [3.63, 3.8) is 0 Å². The average molecular weight is 423 g/mol. The van der Waals surface area contributed by atoms with E-state index in [2.05, 4.69) is 10.6 Å². The number of nitrogens with one attached hydrogen (secondary N) is 2. The molecule has 30 heavy (non-hydrogen) atoms. The van der Waals surface area contributed by atoms with Crippen LogP contribution in [-0.2, 0) is 4.79 Å². The van der Waals surface area contributed by atoms with Crippen LogP contribution in [0.3, 0.4) is 0 Å². The van der Waals surface area contributed by atoms with Gasteiger partial charge in [0.2, 0.25) is 0 Å². The molecule has 2 aromatic carbocycles. The molecule has 1 saturated carbocycles. The van der Waals surface area contributed by atoms with Crippen molar-refractivity contribution in [2.75, 3.05) is 12.4 Å². The maximum absolute atomic E-state index is 12.7. The van der Waals surface area contributed by atoms with E-state index in [4.69, 9.17) is 4.74 Å². The number of anilines is 1. The third-order valence-electron chi connectivity index (χ3n) is 5.54. The van der Waals surface area contributed by atoms with Crippen molar-refractivity contribution in [2.45, 2.75) is 49.5 Å². The third-order valence-corrected chi connectivity index (χ3v) is 6.64. The molecule has 2 amide bonds. The number of carbonyl (C=O) groups excluding carboxylic acids is 2. The molecule has 0 unspecified atom stereocenters. The van der Waals surface area contributed by atoms with Gasteiger partial charge in [0.1, 0.15) is 5.75 Å². The highest BCUT2D eigenvalue weighted by Gasteiger charge is 2.23. The van der Waals surface area contributed by atoms with E-state index in [0.29, 0.717) is 16.2 Å². The smallest absolute Gasteiger partial charge is 0.262 e. The minimum atomic E-state index is -0.162. The molecule has 0 saturated heterocycles. The van der Waals surface area contributed by atoms with Crippen LogP contribution in [0, 0.1) is 0 Å². The minimum absolute atomic E-state index is 0.0662. The number of ether oxygens (including phenoxy) is 1. The van der Waals surface area contributed by atoms with Crippen LogP contribution in [-0.4, -0.2) is 25.0 Å². The van der Waals surface area contributed by atoms with Crippen molar-refractivity contribution in [1.29, 1.82) is 0 Å². The zero-order valence-corrected chi connectivity index (χ0v) is 17.9. The average Bonchev–Trinajstić information content (AvgIpc) is 3.03. The van der Waals surface area contributed by atoms with Gasteiger partial charge in [0.15, 0.2) is 0 Å². The normalized spacial score (nSPS) is 18.3. The Labute approximate surface area is 181 Å². The fourth-order valence-corrected chi connectivity index (χ4v) is 4.78. The van der Waals surface area contributed by atoms with E-state index in [0.717, 1.165) is 29.1 Å². The standard InChI is InChI=1S/C24H26N2O3S/c1-29-19-11-8-16(9-12-19)14-22-24(28)26-20-15-17(10-13-21(20)30-22)23(27)25-18-6-4-2-3-5-7-18/h8-15,18H,2-7H2,1H3,(H,25,27)(H,26,28). The number of rotatable bonds is 4. The molecule has 156 valence electrons. The van der Waals surface area contributed by atoms with E-state index in [1.54, 1.807) is 13.2 Å². The van der Waals surface area contributed by atoms with Crippen molar-refractivity contribution in [2.24, 2.45) is 0 Å². The highest BCUT2D eigenvalue weighted by Crippen LogP contribution is 2.39. The first-order valence-electron chi connectivity index (χ1n) is 10.4. The summed E-state index contributed by atoms with van der Waals surface area (Å²) >= 11 is 1.41. The summed E-state index contributed by atoms with van der Waals surface area (Å²) in [5.41, 5.74) is 2.20. The molecule has 2 aliphatic rings. The zero-order valence-electron chi connectivity index (χ0n) is 17.1. The summed E-state index contributed by atoms with van der Waals surface area (Å²) in [5, 5.41) is 6.09. The number of methoxy groups -OCH3 is 1. The van der Waals surface area contributed by atoms with E-state index < -0.39 is 0 Å². The minimum Gasteiger partial charge on any atom is -0.497 e. The van der Waals surface area contributed by atoms with Crippen molar-refractivity contribution >= 4 is 35.3 Å². The number of carbonyl (C=O) groups is 2. The number of hydrogen-bond donors (Lipinski definition) is 2. The second-order valence-corrected chi connectivity index (χ2v) is 8.79. The van der Waals surface area contributed by atoms with Crippen LogP contribution in [0.1, 0.15) is 54.4 Å². The molecular formula is C24H26N2O3S. The molecule has 0 radical (unpaired) electrons. The second kappa shape index (κ2) is 9.39. The second-order valence-electron chi connectivity index (χ2n) is 7.71. The Morgan fingerprint density at radius 1 is 1.10 bits per heavy atom. The summed E-state index contributed by atoms with van der Waals surface area (Å²) in [5.74, 6) is 0.547. The zero-order chi connectivity index (χ0) is 20.9. The van der Waals surface area contributed by atoms with E-state index >= 15 is 0 Å². The lowest BCUT2D eigenvalue weighted by Crippen LogP contribution is -2.34. The third kappa shape index (κ3) is 4.87. The largest absolute Gasteiger partial charge is 0.497 e. The molecule has 4 rings (SSSR count). The van der Waals surface area contributed by atoms with Gasteiger partial charge in [-0.15, -0.1) is 0 Å². The Morgan fingerprint density at radius 3 is 2.53 bits per heavy atom. The molecule has 5 nitrogen and oxygen atoms in total. The molecule has 0 aromatic heterocycles. The SMILES string of the molecule is COc1ccc(C=C2Sc3ccc(C(=O)NC4CCCCCC4)cc3NC2=O)cc1. The first-order chi connectivity index (χ1) is 14.6. The van der Waals surface area contributed by atoms with E-state index in [1.165, 1.54) is 37.4 Å². The van der Waals surface area contributed by atoms with Crippen molar-refractivity contribution in [3.8, 4) is 5.75 Å². The number of fused-ring (bicyclic) bond motifs is 1. The molecule has 0 spiro atoms. The van der Waals surface area contributed by atoms with Crippen LogP contribution in [0.5, 0.6) is 5.75 Å². The van der Waals surface area contributed by atoms with Crippen LogP contribution < -0.4 is 15.4 Å². The van der Waals surface area contributed by atoms with Gasteiger partial charge in [-0.2, -0.15) is 0 Å². The lowest BCUT2D eigenvalue weighted by atomic mass is 10.1. The van der Waals surface area contributed by atoms with Crippen molar-refractivity contribution in [1.82, 2.24) is 5.32 Å². The summed E-state index contributed by atoms with van der Waals surface area (Å²) in [6.07, 6.45) is 8.79. The van der Waals surface area contributed by atoms with Crippen LogP contribution in [0.15, 0.2) is 52.3 Å². The Balaban J connectivity index is 1.47. The fourth-order valence-electron chi connectivity index (χ4n) is 3.85. The van der Waals surface area contributed by atoms with E-state index in [9.17, 15) is 9.59 Å². The molecule has 2 N–H and O–H groups in total. The predicted octanol–water partition coefficient (Wildman–Crippen LogP) is 5.23. The predicted molar refractivity (Wildman–Crippen MR) is 121 cm³/mol. The first-order valence-corrected chi connectivity index (χ1v) is 11.2. The van der Waals surface area contributed by atoms with Gasteiger partial charge >= 0.3 is 0 Å². The summed E-state index contributed by atoms with van der Waals surface area (Å²) in [6, 6.07) is 13.3. The summed E-state index contributed by atoms with van der Waals surface area (Å²) in [7, 11) is 1.62. The maximum Gasteiger partial charge on any atom is 0.262 e. The van der Waals surface area contributed by atoms with Crippen LogP contribution >= 0.6 is 11.8 Å². The molecule has 0 bridgehead atoms. The van der Waals surface area contributed by atoms with Gasteiger partial charge in [0, 0.05) is 16.5 Å². The highest BCUT2D eigenvalue weighted by atomic mass is 32.2. The van der Waals surface area contributed by atoms with Crippen LogP contribution in [0.2, 0.25) is 0 Å². The van der Waals surface area contributed by atoms with Gasteiger partial charge in [-0.1, -0.05) is 49.6 Å². The number of hydrogen-bond acceptors (Lipinski definition) is 4. The van der Waals surface area contributed by atoms with Gasteiger partial charge in [-0.05, 0) is 54.8 Å². The summed E-state index contributed by atoms with van der Waals surface area (Å²) < 4.78 is 5.17. The van der Waals surface area contributed by atoms with E-state index in [-0.39, 0.29) is 17.9 Å². The lowest BCUT2D eigenvalue weighted by Gasteiger charge is -2.20. The monoisotopic (exact) mass is 422 g/mol. The molecule has 1 aliphatic heterocycles. The van der Waals surface area contributed by atoms with Crippen molar-refractivity contribution in [3.05, 3.63) is 58.5 Å². The quantitative estimate of drug-likeness (QED) is 0.523. The number of thioether (sulfide) groups is 1. The van der Waals surface area contributed by atoms with Gasteiger partial charge in [-0.3, -0.25) is 9.59 Å². The summed E-state index contributed by atoms with van der Waals surface area (Å²) in [4.78, 5) is 26.8. The van der Waals surface area contributed by atoms with Gasteiger partial charge in [-0.25, -0.2) is 0 Å². The molecule has 6 heteroatoms. The van der Waals surface area contributed by atoms with Gasteiger partial charge in [0.05, 0.1) is 17.7 Å². The Bertz CT molecular complexity index is 961. The maximum atomic E-state index is 12.7. The van der Waals surface area contributed by atoms with Gasteiger partial charge in [0.25, 0.3) is 11.8 Å². The Hall–Kier alpha value is -2.73. The topological polar surface area (TPSA) is 67.4 Å². The Kier molecular flexibility index (Phi) is 6.43. The first kappa shape index (κ1) is 20.5. The molecule has 1 fully saturated rings. The van der Waals surface area contributed by atoms with Crippen LogP contribution in [0.25, 0.3) is 6.08 Å². The lowest BCUT2D eigenvalue weighted by molar-refractivity contribution is -0.112. The highest BCUT2D eigenvalue weighted by molar-refractivity contribution is 8.04. The Morgan fingerprint density at radius 2 is 1.83 bits per heavy atom. The molecule has 0 atom stereocenters. The number of benzene rings is 2. The molecule has 1 heterocycles. The molecule has 1 aliphatic carbocycles. The number of amides is 2. The van der Waals surface area contributed by atoms with Crippen LogP contribution in [0.4, 0.5) is 5.69 Å².